The molecule has 0 aromatic carbocycles. The van der Waals surface area contributed by atoms with Crippen LogP contribution in [0.4, 0.5) is 0 Å². The zero-order valence-corrected chi connectivity index (χ0v) is 13.7. The summed E-state index contributed by atoms with van der Waals surface area (Å²) in [6, 6.07) is 3.43. The van der Waals surface area contributed by atoms with Crippen molar-refractivity contribution in [1.29, 1.82) is 0 Å². The van der Waals surface area contributed by atoms with Crippen molar-refractivity contribution < 1.29 is 8.42 Å². The molecule has 8 heteroatoms. The van der Waals surface area contributed by atoms with Crippen molar-refractivity contribution in [3.8, 4) is 0 Å². The molecule has 2 aromatic heterocycles. The van der Waals surface area contributed by atoms with E-state index in [4.69, 9.17) is 5.73 Å². The third-order valence-corrected chi connectivity index (χ3v) is 5.17. The number of halogens is 1. The van der Waals surface area contributed by atoms with Crippen LogP contribution in [0.25, 0.3) is 11.0 Å². The third-order valence-electron chi connectivity index (χ3n) is 3.73. The van der Waals surface area contributed by atoms with E-state index in [0.717, 1.165) is 0 Å². The van der Waals surface area contributed by atoms with E-state index in [1.807, 2.05) is 13.8 Å². The molecule has 0 aliphatic heterocycles. The second-order valence-corrected chi connectivity index (χ2v) is 6.68. The number of sulfonamides is 1. The Labute approximate surface area is 131 Å². The SMILES string of the molecule is CCC(N)(CC)CNS(=O)(=O)c1c[nH]c2ncccc12.Cl. The van der Waals surface area contributed by atoms with Crippen molar-refractivity contribution >= 4 is 33.5 Å². The van der Waals surface area contributed by atoms with Crippen LogP contribution >= 0.6 is 12.4 Å². The standard InChI is InChI=1S/C13H20N4O2S.ClH/c1-3-13(14,4-2)9-17-20(18,19)11-8-16-12-10(11)6-5-7-15-12;/h5-8,17H,3-4,9,14H2,1-2H3,(H,15,16);1H. The minimum absolute atomic E-state index is 0. The first-order chi connectivity index (χ1) is 9.42. The van der Waals surface area contributed by atoms with Crippen molar-refractivity contribution in [2.75, 3.05) is 6.54 Å². The molecule has 0 bridgehead atoms. The van der Waals surface area contributed by atoms with Crippen molar-refractivity contribution in [2.24, 2.45) is 5.73 Å². The van der Waals surface area contributed by atoms with Crippen LogP contribution in [0.2, 0.25) is 0 Å². The van der Waals surface area contributed by atoms with Gasteiger partial charge in [0, 0.05) is 29.9 Å². The summed E-state index contributed by atoms with van der Waals surface area (Å²) in [6.45, 7) is 4.12. The van der Waals surface area contributed by atoms with E-state index in [1.165, 1.54) is 6.20 Å². The first kappa shape index (κ1) is 17.9. The highest BCUT2D eigenvalue weighted by molar-refractivity contribution is 7.89. The molecule has 0 fully saturated rings. The molecule has 6 nitrogen and oxygen atoms in total. The number of aromatic nitrogens is 2. The van der Waals surface area contributed by atoms with Crippen molar-refractivity contribution in [3.63, 3.8) is 0 Å². The number of nitrogens with zero attached hydrogens (tertiary/aromatic N) is 1. The van der Waals surface area contributed by atoms with E-state index in [0.29, 0.717) is 23.9 Å². The number of nitrogens with one attached hydrogen (secondary N) is 2. The zero-order valence-electron chi connectivity index (χ0n) is 12.1. The highest BCUT2D eigenvalue weighted by Gasteiger charge is 2.25. The number of aromatic amines is 1. The molecule has 2 aromatic rings. The van der Waals surface area contributed by atoms with Gasteiger partial charge in [-0.2, -0.15) is 0 Å². The molecule has 0 atom stereocenters. The topological polar surface area (TPSA) is 101 Å². The van der Waals surface area contributed by atoms with Crippen LogP contribution in [0.1, 0.15) is 26.7 Å². The predicted octanol–water partition coefficient (Wildman–Crippen LogP) is 1.78. The van der Waals surface area contributed by atoms with Crippen LogP contribution in [-0.4, -0.2) is 30.5 Å². The molecule has 0 radical (unpaired) electrons. The Balaban J connectivity index is 0.00000220. The lowest BCUT2D eigenvalue weighted by atomic mass is 9.95. The number of fused-ring (bicyclic) bond motifs is 1. The molecule has 0 saturated heterocycles. The first-order valence-electron chi connectivity index (χ1n) is 6.62. The van der Waals surface area contributed by atoms with Crippen molar-refractivity contribution in [3.05, 3.63) is 24.5 Å². The highest BCUT2D eigenvalue weighted by Crippen LogP contribution is 2.21. The van der Waals surface area contributed by atoms with E-state index < -0.39 is 15.6 Å². The number of pyridine rings is 1. The number of H-pyrrole nitrogens is 1. The maximum atomic E-state index is 12.4. The van der Waals surface area contributed by atoms with Gasteiger partial charge in [0.15, 0.2) is 0 Å². The molecule has 0 unspecified atom stereocenters. The summed E-state index contributed by atoms with van der Waals surface area (Å²) >= 11 is 0. The van der Waals surface area contributed by atoms with E-state index in [1.54, 1.807) is 18.3 Å². The van der Waals surface area contributed by atoms with E-state index in [2.05, 4.69) is 14.7 Å². The molecular weight excluding hydrogens is 312 g/mol. The van der Waals surface area contributed by atoms with Gasteiger partial charge >= 0.3 is 0 Å². The third kappa shape index (κ3) is 3.74. The fourth-order valence-corrected chi connectivity index (χ4v) is 3.27. The molecule has 0 saturated carbocycles. The van der Waals surface area contributed by atoms with Gasteiger partial charge in [-0.3, -0.25) is 0 Å². The van der Waals surface area contributed by atoms with E-state index in [-0.39, 0.29) is 23.8 Å². The average Bonchev–Trinajstić information content (AvgIpc) is 2.89. The quantitative estimate of drug-likeness (QED) is 0.750. The molecule has 0 aliphatic carbocycles. The van der Waals surface area contributed by atoms with Crippen LogP contribution in [-0.2, 0) is 10.0 Å². The van der Waals surface area contributed by atoms with Gasteiger partial charge in [0.1, 0.15) is 10.5 Å². The summed E-state index contributed by atoms with van der Waals surface area (Å²) in [5.74, 6) is 0. The molecule has 2 heterocycles. The second kappa shape index (κ2) is 6.74. The predicted molar refractivity (Wildman–Crippen MR) is 86.0 cm³/mol. The van der Waals surface area contributed by atoms with Gasteiger partial charge in [0.05, 0.1) is 0 Å². The Morgan fingerprint density at radius 2 is 2.05 bits per heavy atom. The summed E-state index contributed by atoms with van der Waals surface area (Å²) < 4.78 is 27.3. The molecule has 0 spiro atoms. The zero-order chi connectivity index (χ0) is 14.8. The van der Waals surface area contributed by atoms with Gasteiger partial charge in [-0.15, -0.1) is 12.4 Å². The highest BCUT2D eigenvalue weighted by atomic mass is 35.5. The van der Waals surface area contributed by atoms with Crippen molar-refractivity contribution in [1.82, 2.24) is 14.7 Å². The molecule has 118 valence electrons. The summed E-state index contributed by atoms with van der Waals surface area (Å²) in [5, 5.41) is 0.579. The van der Waals surface area contributed by atoms with Crippen LogP contribution < -0.4 is 10.5 Å². The van der Waals surface area contributed by atoms with Gasteiger partial charge in [-0.25, -0.2) is 18.1 Å². The Bertz CT molecular complexity index is 695. The number of hydrogen-bond donors (Lipinski definition) is 3. The molecule has 4 N–H and O–H groups in total. The lowest BCUT2D eigenvalue weighted by molar-refractivity contribution is 0.392. The monoisotopic (exact) mass is 332 g/mol. The van der Waals surface area contributed by atoms with Gasteiger partial charge < -0.3 is 10.7 Å². The minimum Gasteiger partial charge on any atom is -0.345 e. The Morgan fingerprint density at radius 1 is 1.38 bits per heavy atom. The minimum atomic E-state index is -3.60. The lowest BCUT2D eigenvalue weighted by Crippen LogP contribution is -2.49. The fourth-order valence-electron chi connectivity index (χ4n) is 1.97. The van der Waals surface area contributed by atoms with Crippen LogP contribution in [0.3, 0.4) is 0 Å². The van der Waals surface area contributed by atoms with Gasteiger partial charge in [0.2, 0.25) is 10.0 Å². The summed E-state index contributed by atoms with van der Waals surface area (Å²) in [4.78, 5) is 7.15. The van der Waals surface area contributed by atoms with Gasteiger partial charge in [-0.1, -0.05) is 13.8 Å². The van der Waals surface area contributed by atoms with Crippen LogP contribution in [0, 0.1) is 0 Å². The molecular formula is C13H21ClN4O2S. The Hall–Kier alpha value is -1.15. The van der Waals surface area contributed by atoms with E-state index in [9.17, 15) is 8.42 Å². The Morgan fingerprint density at radius 3 is 2.67 bits per heavy atom. The number of rotatable bonds is 6. The number of nitrogens with two attached hydrogens (primary N) is 1. The molecule has 0 amide bonds. The largest absolute Gasteiger partial charge is 0.345 e. The van der Waals surface area contributed by atoms with E-state index >= 15 is 0 Å². The average molecular weight is 333 g/mol. The van der Waals surface area contributed by atoms with Crippen LogP contribution in [0.15, 0.2) is 29.4 Å². The Kier molecular flexibility index (Phi) is 5.75. The fraction of sp³-hybridized carbons (Fsp3) is 0.462. The maximum Gasteiger partial charge on any atom is 0.242 e. The first-order valence-corrected chi connectivity index (χ1v) is 8.11. The lowest BCUT2D eigenvalue weighted by Gasteiger charge is -2.26. The number of hydrogen-bond acceptors (Lipinski definition) is 4. The van der Waals surface area contributed by atoms with Gasteiger partial charge in [0.25, 0.3) is 0 Å². The van der Waals surface area contributed by atoms with Gasteiger partial charge in [-0.05, 0) is 25.0 Å². The summed E-state index contributed by atoms with van der Waals surface area (Å²) in [7, 11) is -3.60. The summed E-state index contributed by atoms with van der Waals surface area (Å²) in [5.41, 5.74) is 6.16. The molecule has 21 heavy (non-hydrogen) atoms. The second-order valence-electron chi connectivity index (χ2n) is 4.95. The van der Waals surface area contributed by atoms with Crippen molar-refractivity contribution in [2.45, 2.75) is 37.1 Å². The van der Waals surface area contributed by atoms with Crippen LogP contribution in [0.5, 0.6) is 0 Å². The molecule has 0 aliphatic rings. The molecule has 2 rings (SSSR count). The smallest absolute Gasteiger partial charge is 0.242 e. The summed E-state index contributed by atoms with van der Waals surface area (Å²) in [6.07, 6.45) is 4.49. The maximum absolute atomic E-state index is 12.4. The normalized spacial score (nSPS) is 12.3.